The van der Waals surface area contributed by atoms with Gasteiger partial charge >= 0.3 is 0 Å². The predicted octanol–water partition coefficient (Wildman–Crippen LogP) is 9.18. The molecule has 3 nitrogen and oxygen atoms in total. The lowest BCUT2D eigenvalue weighted by Crippen LogP contribution is -2.00. The quantitative estimate of drug-likeness (QED) is 0.233. The highest BCUT2D eigenvalue weighted by Crippen LogP contribution is 2.39. The molecule has 0 aliphatic rings. The lowest BCUT2D eigenvalue weighted by Gasteiger charge is -2.10. The van der Waals surface area contributed by atoms with Crippen molar-refractivity contribution < 1.29 is 0 Å². The Morgan fingerprint density at radius 1 is 0.735 bits per heavy atom. The number of hydrogen-bond acceptors (Lipinski definition) is 4. The maximum Gasteiger partial charge on any atom is 0.164 e. The van der Waals surface area contributed by atoms with Gasteiger partial charge in [-0.25, -0.2) is 15.0 Å². The molecule has 5 heteroatoms. The van der Waals surface area contributed by atoms with E-state index in [2.05, 4.69) is 54.1 Å². The third-order valence-corrected chi connectivity index (χ3v) is 6.54. The van der Waals surface area contributed by atoms with Crippen molar-refractivity contribution in [3.8, 4) is 34.2 Å². The van der Waals surface area contributed by atoms with Gasteiger partial charge in [0.25, 0.3) is 0 Å². The Hall–Kier alpha value is -3.15. The van der Waals surface area contributed by atoms with Crippen molar-refractivity contribution in [3.63, 3.8) is 0 Å². The Kier molecular flexibility index (Phi) is 7.66. The number of allylic oxidation sites excluding steroid dienone is 1. The lowest BCUT2D eigenvalue weighted by molar-refractivity contribution is 1.08. The van der Waals surface area contributed by atoms with Crippen LogP contribution in [0, 0.1) is 6.92 Å². The molecule has 3 aromatic carbocycles. The highest BCUT2D eigenvalue weighted by atomic mass is 79.9. The molecule has 0 saturated heterocycles. The van der Waals surface area contributed by atoms with Crippen molar-refractivity contribution in [3.05, 3.63) is 93.8 Å². The molecular weight excluding hydrogens is 502 g/mol. The van der Waals surface area contributed by atoms with E-state index in [9.17, 15) is 0 Å². The van der Waals surface area contributed by atoms with Crippen LogP contribution in [-0.4, -0.2) is 15.0 Å². The van der Waals surface area contributed by atoms with Crippen LogP contribution >= 0.6 is 27.3 Å². The zero-order valence-corrected chi connectivity index (χ0v) is 22.1. The van der Waals surface area contributed by atoms with Gasteiger partial charge in [0.15, 0.2) is 17.5 Å². The van der Waals surface area contributed by atoms with E-state index in [0.29, 0.717) is 17.5 Å². The van der Waals surface area contributed by atoms with E-state index in [1.54, 1.807) is 11.3 Å². The largest absolute Gasteiger partial charge is 0.208 e. The first-order valence-corrected chi connectivity index (χ1v) is 12.9. The van der Waals surface area contributed by atoms with Gasteiger partial charge in [-0.2, -0.15) is 0 Å². The van der Waals surface area contributed by atoms with Crippen LogP contribution in [0.5, 0.6) is 0 Å². The molecule has 0 N–H and O–H groups in total. The Morgan fingerprint density at radius 3 is 1.79 bits per heavy atom. The fourth-order valence-corrected chi connectivity index (χ4v) is 5.08. The lowest BCUT2D eigenvalue weighted by atomic mass is 10.0. The predicted molar refractivity (Wildman–Crippen MR) is 150 cm³/mol. The second-order valence-corrected chi connectivity index (χ2v) is 10.0. The molecule has 0 bridgehead atoms. The molecule has 2 aromatic heterocycles. The van der Waals surface area contributed by atoms with Crippen LogP contribution in [0.3, 0.4) is 0 Å². The van der Waals surface area contributed by atoms with E-state index in [-0.39, 0.29) is 0 Å². The van der Waals surface area contributed by atoms with E-state index in [0.717, 1.165) is 21.2 Å². The van der Waals surface area contributed by atoms with Gasteiger partial charge in [0.05, 0.1) is 0 Å². The van der Waals surface area contributed by atoms with Crippen LogP contribution in [0.1, 0.15) is 31.2 Å². The Morgan fingerprint density at radius 2 is 1.26 bits per heavy atom. The SMILES string of the molecule is C/C(Br)=C\c1c(C)sc2cccc(-c3nc(-c4ccccc4)nc(-c4ccccc4)n3)c12.CC. The first kappa shape index (κ1) is 24.0. The molecule has 170 valence electrons. The summed E-state index contributed by atoms with van der Waals surface area (Å²) in [6, 6.07) is 26.5. The summed E-state index contributed by atoms with van der Waals surface area (Å²) in [6.07, 6.45) is 2.18. The summed E-state index contributed by atoms with van der Waals surface area (Å²) in [5.74, 6) is 2.03. The summed E-state index contributed by atoms with van der Waals surface area (Å²) < 4.78 is 2.31. The van der Waals surface area contributed by atoms with Gasteiger partial charge in [-0.05, 0) is 36.0 Å². The first-order valence-electron chi connectivity index (χ1n) is 11.3. The number of benzene rings is 3. The number of thiophene rings is 1. The Balaban J connectivity index is 0.00000133. The van der Waals surface area contributed by atoms with Crippen molar-refractivity contribution in [1.82, 2.24) is 15.0 Å². The minimum absolute atomic E-state index is 0.673. The maximum absolute atomic E-state index is 4.93. The van der Waals surface area contributed by atoms with Gasteiger partial charge < -0.3 is 0 Å². The molecule has 0 amide bonds. The second kappa shape index (κ2) is 10.9. The molecule has 0 saturated carbocycles. The van der Waals surface area contributed by atoms with Gasteiger partial charge in [0.2, 0.25) is 0 Å². The van der Waals surface area contributed by atoms with Crippen LogP contribution in [0.15, 0.2) is 83.3 Å². The molecule has 5 aromatic rings. The van der Waals surface area contributed by atoms with E-state index in [1.807, 2.05) is 74.5 Å². The number of halogens is 1. The van der Waals surface area contributed by atoms with Crippen LogP contribution in [0.25, 0.3) is 50.3 Å². The number of hydrogen-bond donors (Lipinski definition) is 0. The molecule has 0 atom stereocenters. The van der Waals surface area contributed by atoms with Crippen molar-refractivity contribution >= 4 is 43.4 Å². The van der Waals surface area contributed by atoms with Crippen molar-refractivity contribution in [2.45, 2.75) is 27.7 Å². The normalized spacial score (nSPS) is 11.3. The van der Waals surface area contributed by atoms with Crippen LogP contribution in [0.2, 0.25) is 0 Å². The minimum Gasteiger partial charge on any atom is -0.208 e. The Bertz CT molecular complexity index is 1380. The van der Waals surface area contributed by atoms with Gasteiger partial charge in [-0.3, -0.25) is 0 Å². The minimum atomic E-state index is 0.673. The number of rotatable bonds is 4. The molecule has 0 unspecified atom stereocenters. The van der Waals surface area contributed by atoms with Crippen LogP contribution in [0.4, 0.5) is 0 Å². The van der Waals surface area contributed by atoms with Crippen LogP contribution < -0.4 is 0 Å². The number of aryl methyl sites for hydroxylation is 1. The van der Waals surface area contributed by atoms with Gasteiger partial charge in [0, 0.05) is 31.7 Å². The third kappa shape index (κ3) is 5.01. The van der Waals surface area contributed by atoms with Crippen LogP contribution in [-0.2, 0) is 0 Å². The molecule has 2 heterocycles. The highest BCUT2D eigenvalue weighted by molar-refractivity contribution is 9.11. The molecule has 0 aliphatic heterocycles. The Labute approximate surface area is 213 Å². The molecule has 5 rings (SSSR count). The number of fused-ring (bicyclic) bond motifs is 1. The second-order valence-electron chi connectivity index (χ2n) is 7.52. The summed E-state index contributed by atoms with van der Waals surface area (Å²) in [7, 11) is 0. The average molecular weight is 529 g/mol. The molecule has 0 radical (unpaired) electrons. The third-order valence-electron chi connectivity index (χ3n) is 5.22. The monoisotopic (exact) mass is 527 g/mol. The first-order chi connectivity index (χ1) is 16.6. The van der Waals surface area contributed by atoms with E-state index in [4.69, 9.17) is 15.0 Å². The fraction of sp³-hybridized carbons (Fsp3) is 0.138. The summed E-state index contributed by atoms with van der Waals surface area (Å²) in [6.45, 7) is 8.21. The van der Waals surface area contributed by atoms with Gasteiger partial charge in [-0.1, -0.05) is 103 Å². The fourth-order valence-electron chi connectivity index (χ4n) is 3.78. The summed E-state index contributed by atoms with van der Waals surface area (Å²) in [5, 5.41) is 1.18. The highest BCUT2D eigenvalue weighted by Gasteiger charge is 2.17. The van der Waals surface area contributed by atoms with Crippen molar-refractivity contribution in [2.24, 2.45) is 0 Å². The smallest absolute Gasteiger partial charge is 0.164 e. The zero-order chi connectivity index (χ0) is 24.1. The van der Waals surface area contributed by atoms with Gasteiger partial charge in [-0.15, -0.1) is 11.3 Å². The maximum atomic E-state index is 4.93. The molecule has 0 fully saturated rings. The molecule has 0 spiro atoms. The molecular formula is C29H26BrN3S. The summed E-state index contributed by atoms with van der Waals surface area (Å²) >= 11 is 5.40. The van der Waals surface area contributed by atoms with Crippen molar-refractivity contribution in [2.75, 3.05) is 0 Å². The molecule has 34 heavy (non-hydrogen) atoms. The molecule has 0 aliphatic carbocycles. The van der Waals surface area contributed by atoms with E-state index >= 15 is 0 Å². The zero-order valence-electron chi connectivity index (χ0n) is 19.7. The summed E-state index contributed by atoms with van der Waals surface area (Å²) in [4.78, 5) is 15.9. The van der Waals surface area contributed by atoms with Crippen molar-refractivity contribution in [1.29, 1.82) is 0 Å². The number of aromatic nitrogens is 3. The number of nitrogens with zero attached hydrogens (tertiary/aromatic N) is 3. The topological polar surface area (TPSA) is 38.7 Å². The van der Waals surface area contributed by atoms with E-state index in [1.165, 1.54) is 20.5 Å². The summed E-state index contributed by atoms with van der Waals surface area (Å²) in [5.41, 5.74) is 4.17. The standard InChI is InChI=1S/C27H20BrN3S.C2H6/c1-17(28)16-22-18(2)32-23-15-9-14-21(24(22)23)27-30-25(19-10-5-3-6-11-19)29-26(31-27)20-12-7-4-8-13-20;1-2/h3-16H,1-2H3;1-2H3/b17-16+;. The van der Waals surface area contributed by atoms with E-state index < -0.39 is 0 Å². The van der Waals surface area contributed by atoms with Gasteiger partial charge in [0.1, 0.15) is 0 Å². The average Bonchev–Trinajstić information content (AvgIpc) is 3.20.